The molecule has 23 heavy (non-hydrogen) atoms. The van der Waals surface area contributed by atoms with E-state index in [2.05, 4.69) is 4.98 Å². The fraction of sp³-hybridized carbons (Fsp3) is 0.312. The van der Waals surface area contributed by atoms with Crippen molar-refractivity contribution < 1.29 is 9.53 Å². The molecule has 1 aromatic carbocycles. The number of ether oxygens (including phenoxy) is 1. The van der Waals surface area contributed by atoms with Gasteiger partial charge in [0.1, 0.15) is 0 Å². The van der Waals surface area contributed by atoms with Gasteiger partial charge in [-0.05, 0) is 18.1 Å². The van der Waals surface area contributed by atoms with Gasteiger partial charge >= 0.3 is 5.97 Å². The van der Waals surface area contributed by atoms with E-state index < -0.39 is 5.97 Å². The van der Waals surface area contributed by atoms with Crippen molar-refractivity contribution in [3.05, 3.63) is 50.8 Å². The predicted molar refractivity (Wildman–Crippen MR) is 89.7 cm³/mol. The number of rotatable bonds is 3. The Morgan fingerprint density at radius 2 is 2.13 bits per heavy atom. The van der Waals surface area contributed by atoms with Crippen molar-refractivity contribution in [1.29, 1.82) is 0 Å². The third-order valence-electron chi connectivity index (χ3n) is 3.54. The molecule has 0 N–H and O–H groups in total. The van der Waals surface area contributed by atoms with Crippen molar-refractivity contribution in [3.63, 3.8) is 0 Å². The molecule has 5 nitrogen and oxygen atoms in total. The number of esters is 1. The van der Waals surface area contributed by atoms with Crippen molar-refractivity contribution in [2.45, 2.75) is 31.5 Å². The van der Waals surface area contributed by atoms with Gasteiger partial charge in [-0.25, -0.2) is 4.79 Å². The molecule has 3 rings (SSSR count). The van der Waals surface area contributed by atoms with Crippen LogP contribution < -0.4 is 10.3 Å². The van der Waals surface area contributed by atoms with Gasteiger partial charge in [0.2, 0.25) is 5.88 Å². The first kappa shape index (κ1) is 16.1. The Morgan fingerprint density at radius 3 is 2.83 bits per heavy atom. The summed E-state index contributed by atoms with van der Waals surface area (Å²) in [5.74, 6) is 0.155. The van der Waals surface area contributed by atoms with E-state index in [-0.39, 0.29) is 22.9 Å². The normalized spacial score (nSPS) is 13.2. The van der Waals surface area contributed by atoms with Crippen molar-refractivity contribution >= 4 is 29.3 Å². The van der Waals surface area contributed by atoms with Crippen LogP contribution in [0.2, 0.25) is 5.02 Å². The summed E-state index contributed by atoms with van der Waals surface area (Å²) < 4.78 is 7.05. The molecule has 0 unspecified atom stereocenters. The van der Waals surface area contributed by atoms with Gasteiger partial charge in [-0.2, -0.15) is 4.98 Å². The van der Waals surface area contributed by atoms with Crippen LogP contribution in [0.4, 0.5) is 0 Å². The summed E-state index contributed by atoms with van der Waals surface area (Å²) in [4.78, 5) is 29.3. The van der Waals surface area contributed by atoms with E-state index in [9.17, 15) is 9.59 Å². The highest BCUT2D eigenvalue weighted by atomic mass is 35.5. The molecule has 1 aliphatic heterocycles. The SMILES string of the molecule is CC(C)c1c(OC(=O)c2ccccc2Cl)nc2n(c1=O)CCS2. The van der Waals surface area contributed by atoms with Gasteiger partial charge in [-0.3, -0.25) is 9.36 Å². The fourth-order valence-corrected chi connectivity index (χ4v) is 3.55. The van der Waals surface area contributed by atoms with Crippen LogP contribution in [-0.2, 0) is 6.54 Å². The molecule has 120 valence electrons. The molecule has 2 heterocycles. The second kappa shape index (κ2) is 6.37. The summed E-state index contributed by atoms with van der Waals surface area (Å²) in [6.07, 6.45) is 0. The number of aromatic nitrogens is 2. The van der Waals surface area contributed by atoms with Crippen LogP contribution in [0, 0.1) is 0 Å². The van der Waals surface area contributed by atoms with Gasteiger partial charge < -0.3 is 4.74 Å². The zero-order valence-electron chi connectivity index (χ0n) is 12.7. The van der Waals surface area contributed by atoms with E-state index in [1.807, 2.05) is 13.8 Å². The zero-order chi connectivity index (χ0) is 16.6. The van der Waals surface area contributed by atoms with Crippen molar-refractivity contribution in [2.75, 3.05) is 5.75 Å². The first-order valence-electron chi connectivity index (χ1n) is 7.23. The Labute approximate surface area is 142 Å². The molecule has 0 radical (unpaired) electrons. The second-order valence-electron chi connectivity index (χ2n) is 5.44. The first-order valence-corrected chi connectivity index (χ1v) is 8.59. The number of nitrogens with zero attached hydrogens (tertiary/aromatic N) is 2. The Balaban J connectivity index is 2.03. The molecule has 2 aromatic rings. The maximum Gasteiger partial charge on any atom is 0.346 e. The lowest BCUT2D eigenvalue weighted by Crippen LogP contribution is -2.27. The van der Waals surface area contributed by atoms with Crippen LogP contribution in [0.5, 0.6) is 5.88 Å². The van der Waals surface area contributed by atoms with Crippen LogP contribution in [0.1, 0.15) is 35.7 Å². The van der Waals surface area contributed by atoms with E-state index in [1.165, 1.54) is 11.8 Å². The van der Waals surface area contributed by atoms with Crippen LogP contribution in [-0.4, -0.2) is 21.3 Å². The highest BCUT2D eigenvalue weighted by Gasteiger charge is 2.25. The maximum absolute atomic E-state index is 12.6. The van der Waals surface area contributed by atoms with Crippen molar-refractivity contribution in [1.82, 2.24) is 9.55 Å². The van der Waals surface area contributed by atoms with Crippen LogP contribution in [0.15, 0.2) is 34.2 Å². The molecule has 0 spiro atoms. The average Bonchev–Trinajstić information content (AvgIpc) is 2.96. The molecule has 0 aliphatic carbocycles. The average molecular weight is 351 g/mol. The molecule has 0 fully saturated rings. The molecule has 0 bridgehead atoms. The molecule has 0 amide bonds. The van der Waals surface area contributed by atoms with E-state index in [1.54, 1.807) is 28.8 Å². The van der Waals surface area contributed by atoms with E-state index in [0.29, 0.717) is 22.3 Å². The topological polar surface area (TPSA) is 61.2 Å². The number of thioether (sulfide) groups is 1. The number of carbonyl (C=O) groups excluding carboxylic acids is 1. The largest absolute Gasteiger partial charge is 0.403 e. The molecule has 0 saturated heterocycles. The molecular formula is C16H15ClN2O3S. The number of benzene rings is 1. The van der Waals surface area contributed by atoms with Crippen LogP contribution in [0.25, 0.3) is 0 Å². The lowest BCUT2D eigenvalue weighted by atomic mass is 10.1. The maximum atomic E-state index is 12.6. The van der Waals surface area contributed by atoms with Crippen molar-refractivity contribution in [2.24, 2.45) is 0 Å². The Morgan fingerprint density at radius 1 is 1.39 bits per heavy atom. The van der Waals surface area contributed by atoms with Gasteiger partial charge in [0.25, 0.3) is 5.56 Å². The standard InChI is InChI=1S/C16H15ClN2O3S/c1-9(2)12-13(18-16-19(14(12)20)7-8-23-16)22-15(21)10-5-3-4-6-11(10)17/h3-6,9H,7-8H2,1-2H3. The fourth-order valence-electron chi connectivity index (χ4n) is 2.41. The predicted octanol–water partition coefficient (Wildman–Crippen LogP) is 3.35. The Hall–Kier alpha value is -1.79. The third-order valence-corrected chi connectivity index (χ3v) is 4.83. The summed E-state index contributed by atoms with van der Waals surface area (Å²) in [6.45, 7) is 4.38. The van der Waals surface area contributed by atoms with Crippen molar-refractivity contribution in [3.8, 4) is 5.88 Å². The minimum absolute atomic E-state index is 0.0792. The highest BCUT2D eigenvalue weighted by Crippen LogP contribution is 2.29. The van der Waals surface area contributed by atoms with E-state index >= 15 is 0 Å². The van der Waals surface area contributed by atoms with Crippen LogP contribution >= 0.6 is 23.4 Å². The molecule has 0 saturated carbocycles. The molecule has 1 aromatic heterocycles. The summed E-state index contributed by atoms with van der Waals surface area (Å²) in [5.41, 5.74) is 0.521. The van der Waals surface area contributed by atoms with Gasteiger partial charge in [0.15, 0.2) is 5.16 Å². The summed E-state index contributed by atoms with van der Waals surface area (Å²) in [6, 6.07) is 6.62. The van der Waals surface area contributed by atoms with Gasteiger partial charge in [-0.1, -0.05) is 49.3 Å². The zero-order valence-corrected chi connectivity index (χ0v) is 14.3. The number of hydrogen-bond acceptors (Lipinski definition) is 5. The summed E-state index contributed by atoms with van der Waals surface area (Å²) in [5, 5.41) is 0.886. The minimum atomic E-state index is -0.614. The number of fused-ring (bicyclic) bond motifs is 1. The lowest BCUT2D eigenvalue weighted by molar-refractivity contribution is 0.0723. The van der Waals surface area contributed by atoms with Gasteiger partial charge in [0.05, 0.1) is 16.1 Å². The Kier molecular flexibility index (Phi) is 4.46. The van der Waals surface area contributed by atoms with Crippen LogP contribution in [0.3, 0.4) is 0 Å². The molecular weight excluding hydrogens is 336 g/mol. The van der Waals surface area contributed by atoms with E-state index in [0.717, 1.165) is 5.75 Å². The first-order chi connectivity index (χ1) is 11.0. The minimum Gasteiger partial charge on any atom is -0.403 e. The second-order valence-corrected chi connectivity index (χ2v) is 6.91. The number of hydrogen-bond donors (Lipinski definition) is 0. The summed E-state index contributed by atoms with van der Waals surface area (Å²) >= 11 is 7.50. The van der Waals surface area contributed by atoms with Gasteiger partial charge in [-0.15, -0.1) is 0 Å². The lowest BCUT2D eigenvalue weighted by Gasteiger charge is -2.14. The molecule has 7 heteroatoms. The highest BCUT2D eigenvalue weighted by molar-refractivity contribution is 7.99. The summed E-state index contributed by atoms with van der Waals surface area (Å²) in [7, 11) is 0. The third kappa shape index (κ3) is 3.01. The molecule has 1 aliphatic rings. The molecule has 0 atom stereocenters. The number of halogens is 1. The number of carbonyl (C=O) groups is 1. The quantitative estimate of drug-likeness (QED) is 0.627. The Bertz CT molecular complexity index is 833. The monoisotopic (exact) mass is 350 g/mol. The van der Waals surface area contributed by atoms with E-state index in [4.69, 9.17) is 16.3 Å². The van der Waals surface area contributed by atoms with Gasteiger partial charge in [0, 0.05) is 12.3 Å². The smallest absolute Gasteiger partial charge is 0.346 e.